The van der Waals surface area contributed by atoms with E-state index >= 15 is 0 Å². The van der Waals surface area contributed by atoms with Crippen LogP contribution in [0.2, 0.25) is 0 Å². The van der Waals surface area contributed by atoms with E-state index in [2.05, 4.69) is 5.32 Å². The van der Waals surface area contributed by atoms with Gasteiger partial charge in [-0.2, -0.15) is 5.26 Å². The quantitative estimate of drug-likeness (QED) is 0.811. The maximum atomic E-state index is 13.6. The highest BCUT2D eigenvalue weighted by Crippen LogP contribution is 2.20. The van der Waals surface area contributed by atoms with Gasteiger partial charge in [0.05, 0.1) is 30.0 Å². The Morgan fingerprint density at radius 3 is 2.75 bits per heavy atom. The van der Waals surface area contributed by atoms with E-state index in [1.54, 1.807) is 12.1 Å². The standard InChI is InChI=1S/C15H20FN3O/c16-14-9-11(10-17)1-6-15(14)19-7-8-20-13-4-2-12(18)3-5-13/h1,6,9,12-13,19H,2-5,7-8,18H2. The molecule has 0 aliphatic heterocycles. The van der Waals surface area contributed by atoms with Crippen LogP contribution in [-0.4, -0.2) is 25.3 Å². The molecule has 1 aliphatic carbocycles. The second kappa shape index (κ2) is 7.22. The summed E-state index contributed by atoms with van der Waals surface area (Å²) in [6.07, 6.45) is 4.33. The van der Waals surface area contributed by atoms with Crippen LogP contribution in [0.1, 0.15) is 31.2 Å². The van der Waals surface area contributed by atoms with E-state index in [4.69, 9.17) is 15.7 Å². The van der Waals surface area contributed by atoms with E-state index in [1.165, 1.54) is 6.07 Å². The van der Waals surface area contributed by atoms with Crippen LogP contribution in [0.4, 0.5) is 10.1 Å². The molecule has 0 aromatic heterocycles. The summed E-state index contributed by atoms with van der Waals surface area (Å²) in [5.41, 5.74) is 6.56. The number of nitriles is 1. The van der Waals surface area contributed by atoms with Crippen LogP contribution in [0.5, 0.6) is 0 Å². The normalized spacial score (nSPS) is 22.2. The Hall–Kier alpha value is -1.64. The van der Waals surface area contributed by atoms with Gasteiger partial charge in [-0.25, -0.2) is 4.39 Å². The Morgan fingerprint density at radius 1 is 1.35 bits per heavy atom. The van der Waals surface area contributed by atoms with Crippen molar-refractivity contribution in [2.45, 2.75) is 37.8 Å². The second-order valence-corrected chi connectivity index (χ2v) is 5.14. The molecule has 0 saturated heterocycles. The van der Waals surface area contributed by atoms with Crippen LogP contribution in [-0.2, 0) is 4.74 Å². The van der Waals surface area contributed by atoms with Gasteiger partial charge in [-0.3, -0.25) is 0 Å². The van der Waals surface area contributed by atoms with Crippen molar-refractivity contribution in [2.24, 2.45) is 5.73 Å². The SMILES string of the molecule is N#Cc1ccc(NCCOC2CCC(N)CC2)c(F)c1. The first-order valence-corrected chi connectivity index (χ1v) is 6.99. The van der Waals surface area contributed by atoms with Crippen molar-refractivity contribution >= 4 is 5.69 Å². The van der Waals surface area contributed by atoms with Crippen LogP contribution >= 0.6 is 0 Å². The first-order valence-electron chi connectivity index (χ1n) is 6.99. The summed E-state index contributed by atoms with van der Waals surface area (Å²) in [7, 11) is 0. The van der Waals surface area contributed by atoms with Gasteiger partial charge in [-0.15, -0.1) is 0 Å². The fraction of sp³-hybridized carbons (Fsp3) is 0.533. The van der Waals surface area contributed by atoms with E-state index in [9.17, 15) is 4.39 Å². The molecule has 0 radical (unpaired) electrons. The zero-order chi connectivity index (χ0) is 14.4. The first kappa shape index (κ1) is 14.8. The fourth-order valence-corrected chi connectivity index (χ4v) is 2.39. The Morgan fingerprint density at radius 2 is 2.10 bits per heavy atom. The molecule has 1 fully saturated rings. The van der Waals surface area contributed by atoms with Crippen LogP contribution in [0.3, 0.4) is 0 Å². The van der Waals surface area contributed by atoms with Gasteiger partial charge >= 0.3 is 0 Å². The van der Waals surface area contributed by atoms with Gasteiger partial charge in [0, 0.05) is 12.6 Å². The van der Waals surface area contributed by atoms with Crippen LogP contribution < -0.4 is 11.1 Å². The molecule has 20 heavy (non-hydrogen) atoms. The third-order valence-electron chi connectivity index (χ3n) is 3.59. The number of ether oxygens (including phenoxy) is 1. The van der Waals surface area contributed by atoms with Gasteiger partial charge in [0.2, 0.25) is 0 Å². The fourth-order valence-electron chi connectivity index (χ4n) is 2.39. The van der Waals surface area contributed by atoms with Crippen molar-refractivity contribution in [3.8, 4) is 6.07 Å². The summed E-state index contributed by atoms with van der Waals surface area (Å²) in [6.45, 7) is 1.09. The predicted octanol–water partition coefficient (Wildman–Crippen LogP) is 2.40. The van der Waals surface area contributed by atoms with Gasteiger partial charge in [-0.1, -0.05) is 0 Å². The lowest BCUT2D eigenvalue weighted by atomic mass is 9.94. The van der Waals surface area contributed by atoms with Crippen molar-refractivity contribution in [2.75, 3.05) is 18.5 Å². The van der Waals surface area contributed by atoms with Gasteiger partial charge in [0.25, 0.3) is 0 Å². The summed E-state index contributed by atoms with van der Waals surface area (Å²) in [5.74, 6) is -0.410. The third kappa shape index (κ3) is 4.19. The number of nitrogens with zero attached hydrogens (tertiary/aromatic N) is 1. The molecular weight excluding hydrogens is 257 g/mol. The Kier molecular flexibility index (Phi) is 5.33. The minimum Gasteiger partial charge on any atom is -0.380 e. The average Bonchev–Trinajstić information content (AvgIpc) is 2.46. The van der Waals surface area contributed by atoms with Crippen molar-refractivity contribution in [3.05, 3.63) is 29.6 Å². The molecule has 0 heterocycles. The van der Waals surface area contributed by atoms with Gasteiger partial charge in [0.1, 0.15) is 5.82 Å². The Labute approximate surface area is 118 Å². The third-order valence-corrected chi connectivity index (χ3v) is 3.59. The number of hydrogen-bond acceptors (Lipinski definition) is 4. The molecule has 0 bridgehead atoms. The number of rotatable bonds is 5. The van der Waals surface area contributed by atoms with E-state index in [1.807, 2.05) is 6.07 Å². The number of hydrogen-bond donors (Lipinski definition) is 2. The van der Waals surface area contributed by atoms with Crippen LogP contribution in [0, 0.1) is 17.1 Å². The molecule has 1 aliphatic rings. The zero-order valence-corrected chi connectivity index (χ0v) is 11.4. The molecule has 1 aromatic rings. The maximum Gasteiger partial charge on any atom is 0.147 e. The molecule has 1 saturated carbocycles. The van der Waals surface area contributed by atoms with E-state index in [0.717, 1.165) is 25.7 Å². The lowest BCUT2D eigenvalue weighted by Crippen LogP contribution is -2.31. The van der Waals surface area contributed by atoms with Crippen LogP contribution in [0.15, 0.2) is 18.2 Å². The van der Waals surface area contributed by atoms with E-state index in [0.29, 0.717) is 30.4 Å². The topological polar surface area (TPSA) is 71.1 Å². The highest BCUT2D eigenvalue weighted by molar-refractivity contribution is 5.48. The summed E-state index contributed by atoms with van der Waals surface area (Å²) in [5, 5.41) is 11.6. The average molecular weight is 277 g/mol. The van der Waals surface area contributed by atoms with E-state index < -0.39 is 5.82 Å². The zero-order valence-electron chi connectivity index (χ0n) is 11.4. The molecule has 0 spiro atoms. The number of benzene rings is 1. The first-order chi connectivity index (χ1) is 9.69. The summed E-state index contributed by atoms with van der Waals surface area (Å²) < 4.78 is 19.3. The van der Waals surface area contributed by atoms with Gasteiger partial charge in [-0.05, 0) is 43.9 Å². The number of halogens is 1. The highest BCUT2D eigenvalue weighted by atomic mass is 19.1. The Bertz CT molecular complexity index is 478. The number of nitrogens with two attached hydrogens (primary N) is 1. The monoisotopic (exact) mass is 277 g/mol. The molecule has 0 atom stereocenters. The second-order valence-electron chi connectivity index (χ2n) is 5.14. The predicted molar refractivity (Wildman–Crippen MR) is 75.8 cm³/mol. The van der Waals surface area contributed by atoms with Crippen molar-refractivity contribution in [1.29, 1.82) is 5.26 Å². The lowest BCUT2D eigenvalue weighted by molar-refractivity contribution is 0.0313. The molecule has 5 heteroatoms. The lowest BCUT2D eigenvalue weighted by Gasteiger charge is -2.26. The summed E-state index contributed by atoms with van der Waals surface area (Å²) in [4.78, 5) is 0. The maximum absolute atomic E-state index is 13.6. The molecule has 0 unspecified atom stereocenters. The largest absolute Gasteiger partial charge is 0.380 e. The number of nitrogens with one attached hydrogen (secondary N) is 1. The summed E-state index contributed by atoms with van der Waals surface area (Å²) >= 11 is 0. The van der Waals surface area contributed by atoms with Crippen molar-refractivity contribution in [1.82, 2.24) is 0 Å². The molecule has 1 aromatic carbocycles. The van der Waals surface area contributed by atoms with E-state index in [-0.39, 0.29) is 6.10 Å². The van der Waals surface area contributed by atoms with Gasteiger partial charge in [0.15, 0.2) is 0 Å². The molecule has 0 amide bonds. The summed E-state index contributed by atoms with van der Waals surface area (Å²) in [6, 6.07) is 6.62. The molecule has 2 rings (SSSR count). The molecular formula is C15H20FN3O. The highest BCUT2D eigenvalue weighted by Gasteiger charge is 2.18. The smallest absolute Gasteiger partial charge is 0.147 e. The van der Waals surface area contributed by atoms with Crippen molar-refractivity contribution < 1.29 is 9.13 Å². The minimum atomic E-state index is -0.410. The minimum absolute atomic E-state index is 0.280. The van der Waals surface area contributed by atoms with Gasteiger partial charge < -0.3 is 15.8 Å². The number of anilines is 1. The molecule has 3 N–H and O–H groups in total. The Balaban J connectivity index is 1.70. The van der Waals surface area contributed by atoms with Crippen molar-refractivity contribution in [3.63, 3.8) is 0 Å². The molecule has 4 nitrogen and oxygen atoms in total. The van der Waals surface area contributed by atoms with Crippen LogP contribution in [0.25, 0.3) is 0 Å². The molecule has 108 valence electrons.